The van der Waals surface area contributed by atoms with E-state index in [2.05, 4.69) is 64.3 Å². The zero-order valence-electron chi connectivity index (χ0n) is 24.9. The molecule has 2 aliphatic heterocycles. The van der Waals surface area contributed by atoms with Gasteiger partial charge in [-0.1, -0.05) is 25.1 Å². The summed E-state index contributed by atoms with van der Waals surface area (Å²) in [5, 5.41) is 4.71. The van der Waals surface area contributed by atoms with Gasteiger partial charge >= 0.3 is 0 Å². The molecule has 3 heterocycles. The quantitative estimate of drug-likeness (QED) is 0.227. The molecule has 2 aliphatic rings. The fourth-order valence-corrected chi connectivity index (χ4v) is 6.24. The number of fused-ring (bicyclic) bond motifs is 2. The Morgan fingerprint density at radius 3 is 2.57 bits per heavy atom. The highest BCUT2D eigenvalue weighted by atomic mass is 16.5. The fraction of sp³-hybridized carbons (Fsp3) is 0.400. The number of benzene rings is 3. The molecule has 1 atom stereocenters. The van der Waals surface area contributed by atoms with E-state index in [9.17, 15) is 4.79 Å². The molecule has 0 unspecified atom stereocenters. The van der Waals surface area contributed by atoms with Crippen molar-refractivity contribution in [2.75, 3.05) is 62.6 Å². The minimum absolute atomic E-state index is 0.000729. The number of nitrogens with one attached hydrogen (secondary N) is 2. The van der Waals surface area contributed by atoms with Gasteiger partial charge in [-0.15, -0.1) is 0 Å². The Kier molecular flexibility index (Phi) is 8.77. The van der Waals surface area contributed by atoms with Gasteiger partial charge in [0.2, 0.25) is 0 Å². The number of amides is 1. The standard InChI is InChI=1S/C35H43N5O2/c1-3-16-38-19-21-39(22-20-38)17-6-23-42-34-25-29(9-11-30(34)27-10-12-31-28(24-27)13-15-36-31)35(41)40-18-14-26(2)37-32-7-4-5-8-33(32)40/h4-5,7-13,15,24-26,36-37H,3,6,14,16-23H2,1-2H3/t26-/m0/s1. The Bertz CT molecular complexity index is 1510. The first-order valence-corrected chi connectivity index (χ1v) is 15.6. The van der Waals surface area contributed by atoms with Crippen molar-refractivity contribution in [3.05, 3.63) is 78.5 Å². The summed E-state index contributed by atoms with van der Waals surface area (Å²) in [5.41, 5.74) is 5.77. The number of ether oxygens (including phenoxy) is 1. The Balaban J connectivity index is 1.22. The lowest BCUT2D eigenvalue weighted by Crippen LogP contribution is -2.46. The number of nitrogens with zero attached hydrogens (tertiary/aromatic N) is 3. The van der Waals surface area contributed by atoms with Crippen LogP contribution in [0.5, 0.6) is 5.75 Å². The molecule has 6 rings (SSSR count). The summed E-state index contributed by atoms with van der Waals surface area (Å²) in [6.07, 6.45) is 5.01. The molecule has 4 aromatic rings. The predicted molar refractivity (Wildman–Crippen MR) is 173 cm³/mol. The molecule has 1 saturated heterocycles. The smallest absolute Gasteiger partial charge is 0.258 e. The van der Waals surface area contributed by atoms with E-state index in [1.165, 1.54) is 13.0 Å². The summed E-state index contributed by atoms with van der Waals surface area (Å²) >= 11 is 0. The number of H-pyrrole nitrogens is 1. The second kappa shape index (κ2) is 13.0. The van der Waals surface area contributed by atoms with Crippen molar-refractivity contribution in [2.24, 2.45) is 0 Å². The molecule has 220 valence electrons. The van der Waals surface area contributed by atoms with Gasteiger partial charge < -0.3 is 29.7 Å². The zero-order chi connectivity index (χ0) is 28.9. The van der Waals surface area contributed by atoms with Gasteiger partial charge in [0, 0.05) is 68.2 Å². The van der Waals surface area contributed by atoms with Crippen molar-refractivity contribution in [1.29, 1.82) is 0 Å². The zero-order valence-corrected chi connectivity index (χ0v) is 24.9. The number of aromatic amines is 1. The average molecular weight is 566 g/mol. The summed E-state index contributed by atoms with van der Waals surface area (Å²) in [5.74, 6) is 0.763. The molecule has 0 aliphatic carbocycles. The van der Waals surface area contributed by atoms with Crippen LogP contribution >= 0.6 is 0 Å². The lowest BCUT2D eigenvalue weighted by atomic mass is 10.0. The van der Waals surface area contributed by atoms with Crippen molar-refractivity contribution in [2.45, 2.75) is 39.2 Å². The van der Waals surface area contributed by atoms with Crippen LogP contribution in [0.15, 0.2) is 72.9 Å². The van der Waals surface area contributed by atoms with Gasteiger partial charge in [0.05, 0.1) is 18.0 Å². The van der Waals surface area contributed by atoms with Crippen LogP contribution in [-0.4, -0.2) is 79.2 Å². The maximum Gasteiger partial charge on any atom is 0.258 e. The molecule has 1 fully saturated rings. The first-order chi connectivity index (χ1) is 20.6. The third-order valence-corrected chi connectivity index (χ3v) is 8.60. The molecular weight excluding hydrogens is 522 g/mol. The van der Waals surface area contributed by atoms with Gasteiger partial charge in [-0.2, -0.15) is 0 Å². The Morgan fingerprint density at radius 1 is 0.929 bits per heavy atom. The summed E-state index contributed by atoms with van der Waals surface area (Å²) in [6.45, 7) is 12.5. The van der Waals surface area contributed by atoms with E-state index in [-0.39, 0.29) is 5.91 Å². The molecule has 7 nitrogen and oxygen atoms in total. The summed E-state index contributed by atoms with van der Waals surface area (Å²) in [4.78, 5) is 24.3. The largest absolute Gasteiger partial charge is 0.493 e. The first kappa shape index (κ1) is 28.3. The van der Waals surface area contributed by atoms with Gasteiger partial charge in [-0.25, -0.2) is 0 Å². The number of anilines is 2. The number of hydrogen-bond donors (Lipinski definition) is 2. The topological polar surface area (TPSA) is 63.8 Å². The molecule has 0 radical (unpaired) electrons. The van der Waals surface area contributed by atoms with E-state index in [0.717, 1.165) is 84.7 Å². The van der Waals surface area contributed by atoms with Crippen LogP contribution in [0.2, 0.25) is 0 Å². The lowest BCUT2D eigenvalue weighted by Gasteiger charge is -2.34. The molecule has 2 N–H and O–H groups in total. The van der Waals surface area contributed by atoms with Crippen LogP contribution in [0.1, 0.15) is 43.5 Å². The molecular formula is C35H43N5O2. The number of piperazine rings is 1. The van der Waals surface area contributed by atoms with Crippen LogP contribution in [-0.2, 0) is 0 Å². The summed E-state index contributed by atoms with van der Waals surface area (Å²) in [7, 11) is 0. The van der Waals surface area contributed by atoms with Crippen LogP contribution in [0, 0.1) is 0 Å². The van der Waals surface area contributed by atoms with Gasteiger partial charge in [-0.3, -0.25) is 4.79 Å². The minimum atomic E-state index is 0.000729. The highest BCUT2D eigenvalue weighted by Gasteiger charge is 2.25. The number of carbonyl (C=O) groups excluding carboxylic acids is 1. The number of carbonyl (C=O) groups is 1. The Labute approximate surface area is 249 Å². The third-order valence-electron chi connectivity index (χ3n) is 8.60. The van der Waals surface area contributed by atoms with Crippen molar-refractivity contribution >= 4 is 28.2 Å². The Hall–Kier alpha value is -3.81. The third kappa shape index (κ3) is 6.32. The van der Waals surface area contributed by atoms with E-state index in [1.807, 2.05) is 47.5 Å². The second-order valence-corrected chi connectivity index (χ2v) is 11.7. The van der Waals surface area contributed by atoms with Gasteiger partial charge in [0.1, 0.15) is 5.75 Å². The number of aromatic nitrogens is 1. The van der Waals surface area contributed by atoms with Crippen LogP contribution < -0.4 is 15.0 Å². The van der Waals surface area contributed by atoms with Crippen molar-refractivity contribution < 1.29 is 9.53 Å². The van der Waals surface area contributed by atoms with Crippen molar-refractivity contribution in [3.63, 3.8) is 0 Å². The first-order valence-electron chi connectivity index (χ1n) is 15.6. The predicted octanol–water partition coefficient (Wildman–Crippen LogP) is 6.48. The van der Waals surface area contributed by atoms with Gasteiger partial charge in [0.15, 0.2) is 0 Å². The van der Waals surface area contributed by atoms with Crippen LogP contribution in [0.3, 0.4) is 0 Å². The molecule has 0 saturated carbocycles. The monoisotopic (exact) mass is 565 g/mol. The Morgan fingerprint density at radius 2 is 1.74 bits per heavy atom. The van der Waals surface area contributed by atoms with Gasteiger partial charge in [-0.05, 0) is 92.2 Å². The SMILES string of the molecule is CCCN1CCN(CCCOc2cc(C(=O)N3CC[C@H](C)Nc4ccccc43)ccc2-c2ccc3[nH]ccc3c2)CC1. The number of para-hydroxylation sites is 2. The highest BCUT2D eigenvalue weighted by molar-refractivity contribution is 6.08. The second-order valence-electron chi connectivity index (χ2n) is 11.7. The van der Waals surface area contributed by atoms with E-state index < -0.39 is 0 Å². The number of rotatable bonds is 9. The molecule has 0 bridgehead atoms. The molecule has 7 heteroatoms. The van der Waals surface area contributed by atoms with E-state index >= 15 is 0 Å². The summed E-state index contributed by atoms with van der Waals surface area (Å²) < 4.78 is 6.50. The summed E-state index contributed by atoms with van der Waals surface area (Å²) in [6, 6.07) is 22.8. The average Bonchev–Trinajstić information content (AvgIpc) is 3.42. The normalized spacial score (nSPS) is 18.0. The fourth-order valence-electron chi connectivity index (χ4n) is 6.24. The van der Waals surface area contributed by atoms with Crippen molar-refractivity contribution in [3.8, 4) is 16.9 Å². The van der Waals surface area contributed by atoms with Crippen molar-refractivity contribution in [1.82, 2.24) is 14.8 Å². The molecule has 42 heavy (non-hydrogen) atoms. The van der Waals surface area contributed by atoms with E-state index in [4.69, 9.17) is 4.74 Å². The molecule has 1 amide bonds. The molecule has 3 aromatic carbocycles. The highest BCUT2D eigenvalue weighted by Crippen LogP contribution is 2.35. The number of hydrogen-bond acceptors (Lipinski definition) is 5. The molecule has 0 spiro atoms. The van der Waals surface area contributed by atoms with E-state index in [1.54, 1.807) is 0 Å². The molecule has 1 aromatic heterocycles. The minimum Gasteiger partial charge on any atom is -0.493 e. The van der Waals surface area contributed by atoms with E-state index in [0.29, 0.717) is 24.8 Å². The maximum atomic E-state index is 14.0. The van der Waals surface area contributed by atoms with Crippen LogP contribution in [0.4, 0.5) is 11.4 Å². The lowest BCUT2D eigenvalue weighted by molar-refractivity contribution is 0.0986. The maximum absolute atomic E-state index is 14.0. The van der Waals surface area contributed by atoms with Crippen LogP contribution in [0.25, 0.3) is 22.0 Å². The van der Waals surface area contributed by atoms with Gasteiger partial charge in [0.25, 0.3) is 5.91 Å².